The Labute approximate surface area is 120 Å². The van der Waals surface area contributed by atoms with Gasteiger partial charge in [0.25, 0.3) is 0 Å². The monoisotopic (exact) mass is 292 g/mol. The van der Waals surface area contributed by atoms with Crippen molar-refractivity contribution in [1.82, 2.24) is 0 Å². The summed E-state index contributed by atoms with van der Waals surface area (Å²) in [5, 5.41) is 9.52. The van der Waals surface area contributed by atoms with Crippen LogP contribution < -0.4 is 9.67 Å². The molecular formula is C14H10Cl2N2O. The predicted octanol–water partition coefficient (Wildman–Crippen LogP) is 4.75. The van der Waals surface area contributed by atoms with Gasteiger partial charge in [0, 0.05) is 40.5 Å². The van der Waals surface area contributed by atoms with Crippen LogP contribution in [-0.4, -0.2) is 5.11 Å². The van der Waals surface area contributed by atoms with Crippen molar-refractivity contribution in [2.75, 3.05) is 9.67 Å². The fraction of sp³-hybridized carbons (Fsp3) is 0. The van der Waals surface area contributed by atoms with Crippen LogP contribution in [0.15, 0.2) is 42.7 Å². The summed E-state index contributed by atoms with van der Waals surface area (Å²) in [5.41, 5.74) is 6.32. The highest BCUT2D eigenvalue weighted by Crippen LogP contribution is 2.45. The van der Waals surface area contributed by atoms with E-state index in [1.54, 1.807) is 0 Å². The Morgan fingerprint density at radius 1 is 0.789 bits per heavy atom. The molecule has 19 heavy (non-hydrogen) atoms. The summed E-state index contributed by atoms with van der Waals surface area (Å²) < 4.78 is 0. The van der Waals surface area contributed by atoms with Gasteiger partial charge < -0.3 is 5.11 Å². The van der Waals surface area contributed by atoms with Gasteiger partial charge in [-0.05, 0) is 46.5 Å². The molecule has 2 aromatic carbocycles. The second kappa shape index (κ2) is 4.68. The third kappa shape index (κ3) is 1.82. The molecule has 3 N–H and O–H groups in total. The maximum Gasteiger partial charge on any atom is 0.0876 e. The minimum absolute atomic E-state index is 0.757. The van der Waals surface area contributed by atoms with E-state index in [1.807, 2.05) is 36.4 Å². The number of halogens is 2. The molecule has 1 aliphatic carbocycles. The maximum atomic E-state index is 9.52. The van der Waals surface area contributed by atoms with Crippen molar-refractivity contribution in [2.24, 2.45) is 0 Å². The quantitative estimate of drug-likeness (QED) is 0.472. The largest absolute Gasteiger partial charge is 0.515 e. The first-order valence-electron chi connectivity index (χ1n) is 5.65. The lowest BCUT2D eigenvalue weighted by atomic mass is 10.1. The van der Waals surface area contributed by atoms with Crippen LogP contribution in [0.1, 0.15) is 11.1 Å². The average Bonchev–Trinajstić information content (AvgIpc) is 2.78. The molecule has 3 nitrogen and oxygen atoms in total. The lowest BCUT2D eigenvalue weighted by Crippen LogP contribution is -1.85. The lowest BCUT2D eigenvalue weighted by molar-refractivity contribution is 0.476. The van der Waals surface area contributed by atoms with Crippen LogP contribution in [0.5, 0.6) is 0 Å². The number of hydrogen-bond donors (Lipinski definition) is 3. The van der Waals surface area contributed by atoms with E-state index in [2.05, 4.69) is 9.67 Å². The molecule has 0 bridgehead atoms. The number of aliphatic hydroxyl groups excluding tert-OH is 1. The number of aliphatic hydroxyl groups is 1. The van der Waals surface area contributed by atoms with Crippen LogP contribution in [-0.2, 0) is 0 Å². The Balaban J connectivity index is 2.25. The number of hydrogen-bond acceptors (Lipinski definition) is 3. The Bertz CT molecular complexity index is 628. The van der Waals surface area contributed by atoms with Crippen molar-refractivity contribution >= 4 is 40.5 Å². The molecule has 0 saturated heterocycles. The Morgan fingerprint density at radius 2 is 1.26 bits per heavy atom. The fourth-order valence-electron chi connectivity index (χ4n) is 2.41. The van der Waals surface area contributed by atoms with Gasteiger partial charge >= 0.3 is 0 Å². The first kappa shape index (κ1) is 12.2. The molecule has 0 saturated carbocycles. The maximum absolute atomic E-state index is 9.52. The molecule has 0 heterocycles. The highest BCUT2D eigenvalue weighted by molar-refractivity contribution is 6.24. The van der Waals surface area contributed by atoms with Crippen LogP contribution in [0, 0.1) is 0 Å². The van der Waals surface area contributed by atoms with E-state index in [0.29, 0.717) is 0 Å². The molecule has 0 aromatic heterocycles. The number of rotatable bonds is 2. The first-order chi connectivity index (χ1) is 9.28. The van der Waals surface area contributed by atoms with E-state index in [4.69, 9.17) is 23.6 Å². The molecule has 0 amide bonds. The minimum atomic E-state index is 0.757. The van der Waals surface area contributed by atoms with Crippen molar-refractivity contribution in [2.45, 2.75) is 0 Å². The van der Waals surface area contributed by atoms with Gasteiger partial charge in [-0.15, -0.1) is 0 Å². The van der Waals surface area contributed by atoms with E-state index in [1.165, 1.54) is 0 Å². The summed E-state index contributed by atoms with van der Waals surface area (Å²) in [5.74, 6) is 0. The van der Waals surface area contributed by atoms with Crippen LogP contribution >= 0.6 is 23.6 Å². The molecule has 0 atom stereocenters. The second-order valence-electron chi connectivity index (χ2n) is 4.25. The molecule has 0 aliphatic heterocycles. The molecular weight excluding hydrogens is 283 g/mol. The van der Waals surface area contributed by atoms with Crippen LogP contribution in [0.3, 0.4) is 0 Å². The first-order valence-corrected chi connectivity index (χ1v) is 6.41. The van der Waals surface area contributed by atoms with Gasteiger partial charge in [-0.3, -0.25) is 9.67 Å². The SMILES string of the molecule is OC=C1c2cc(NCl)ccc2-c2ccc(NCl)cc21. The molecule has 0 fully saturated rings. The van der Waals surface area contributed by atoms with Gasteiger partial charge in [0.1, 0.15) is 0 Å². The highest BCUT2D eigenvalue weighted by Gasteiger charge is 2.24. The third-order valence-corrected chi connectivity index (χ3v) is 3.69. The standard InChI is InChI=1S/C14H10Cl2N2O/c15-17-8-1-3-10-11-4-2-9(18-16)6-13(11)14(7-19)12(10)5-8/h1-7,17-19H. The topological polar surface area (TPSA) is 44.3 Å². The van der Waals surface area contributed by atoms with Gasteiger partial charge in [-0.2, -0.15) is 0 Å². The zero-order valence-corrected chi connectivity index (χ0v) is 11.3. The van der Waals surface area contributed by atoms with Gasteiger partial charge in [0.15, 0.2) is 0 Å². The number of nitrogens with one attached hydrogen (secondary N) is 2. The summed E-state index contributed by atoms with van der Waals surface area (Å²) in [6, 6.07) is 11.5. The van der Waals surface area contributed by atoms with Crippen molar-refractivity contribution in [3.8, 4) is 11.1 Å². The zero-order chi connectivity index (χ0) is 13.4. The van der Waals surface area contributed by atoms with Crippen molar-refractivity contribution in [1.29, 1.82) is 0 Å². The third-order valence-electron chi connectivity index (χ3n) is 3.26. The Hall–Kier alpha value is -1.84. The van der Waals surface area contributed by atoms with E-state index in [9.17, 15) is 5.11 Å². The summed E-state index contributed by atoms with van der Waals surface area (Å²) in [6.45, 7) is 0. The molecule has 1 aliphatic rings. The fourth-order valence-corrected chi connectivity index (χ4v) is 2.64. The molecule has 0 spiro atoms. The number of fused-ring (bicyclic) bond motifs is 3. The smallest absolute Gasteiger partial charge is 0.0876 e. The van der Waals surface area contributed by atoms with E-state index in [-0.39, 0.29) is 0 Å². The van der Waals surface area contributed by atoms with Crippen molar-refractivity contribution in [3.05, 3.63) is 53.8 Å². The molecule has 3 rings (SSSR count). The van der Waals surface area contributed by atoms with E-state index >= 15 is 0 Å². The Kier molecular flexibility index (Phi) is 3.01. The van der Waals surface area contributed by atoms with Crippen LogP contribution in [0.2, 0.25) is 0 Å². The molecule has 0 radical (unpaired) electrons. The van der Waals surface area contributed by atoms with Gasteiger partial charge in [-0.1, -0.05) is 12.1 Å². The van der Waals surface area contributed by atoms with E-state index in [0.717, 1.165) is 45.5 Å². The van der Waals surface area contributed by atoms with Gasteiger partial charge in [-0.25, -0.2) is 0 Å². The predicted molar refractivity (Wildman–Crippen MR) is 80.5 cm³/mol. The summed E-state index contributed by atoms with van der Waals surface area (Å²) in [4.78, 5) is 5.16. The van der Waals surface area contributed by atoms with E-state index < -0.39 is 0 Å². The van der Waals surface area contributed by atoms with Gasteiger partial charge in [0.2, 0.25) is 0 Å². The molecule has 5 heteroatoms. The molecule has 0 unspecified atom stereocenters. The summed E-state index contributed by atoms with van der Waals surface area (Å²) in [6.07, 6.45) is 1.11. The van der Waals surface area contributed by atoms with Crippen molar-refractivity contribution < 1.29 is 5.11 Å². The normalized spacial score (nSPS) is 11.8. The second-order valence-corrected chi connectivity index (χ2v) is 4.63. The Morgan fingerprint density at radius 3 is 1.63 bits per heavy atom. The number of benzene rings is 2. The summed E-state index contributed by atoms with van der Waals surface area (Å²) >= 11 is 11.2. The molecule has 96 valence electrons. The van der Waals surface area contributed by atoms with Crippen LogP contribution in [0.4, 0.5) is 11.4 Å². The van der Waals surface area contributed by atoms with Gasteiger partial charge in [0.05, 0.1) is 6.26 Å². The highest BCUT2D eigenvalue weighted by atomic mass is 35.5. The summed E-state index contributed by atoms with van der Waals surface area (Å²) in [7, 11) is 0. The average molecular weight is 293 g/mol. The molecule has 2 aromatic rings. The minimum Gasteiger partial charge on any atom is -0.515 e. The number of anilines is 2. The van der Waals surface area contributed by atoms with Crippen LogP contribution in [0.25, 0.3) is 16.7 Å². The zero-order valence-electron chi connectivity index (χ0n) is 9.74. The lowest BCUT2D eigenvalue weighted by Gasteiger charge is -2.03. The van der Waals surface area contributed by atoms with Crippen molar-refractivity contribution in [3.63, 3.8) is 0 Å².